The van der Waals surface area contributed by atoms with Crippen molar-refractivity contribution in [1.29, 1.82) is 0 Å². The maximum Gasteiger partial charge on any atom is 0.213 e. The van der Waals surface area contributed by atoms with Gasteiger partial charge in [-0.05, 0) is 24.4 Å². The van der Waals surface area contributed by atoms with Crippen LogP contribution in [0.1, 0.15) is 10.7 Å². The van der Waals surface area contributed by atoms with Crippen molar-refractivity contribution in [2.24, 2.45) is 0 Å². The van der Waals surface area contributed by atoms with E-state index in [0.29, 0.717) is 0 Å². The van der Waals surface area contributed by atoms with Gasteiger partial charge >= 0.3 is 0 Å². The van der Waals surface area contributed by atoms with E-state index in [1.807, 2.05) is 0 Å². The first-order valence-electron chi connectivity index (χ1n) is 4.93. The van der Waals surface area contributed by atoms with Crippen molar-refractivity contribution in [3.05, 3.63) is 34.6 Å². The number of rotatable bonds is 6. The molecule has 1 N–H and O–H groups in total. The molecule has 0 aliphatic rings. The largest absolute Gasteiger partial charge is 0.343 e. The van der Waals surface area contributed by atoms with Crippen LogP contribution in [0.25, 0.3) is 0 Å². The second kappa shape index (κ2) is 5.63. The second-order valence-electron chi connectivity index (χ2n) is 3.18. The maximum atomic E-state index is 4.64. The van der Waals surface area contributed by atoms with E-state index >= 15 is 0 Å². The SMILES string of the molecule is c1csc(CCNCCc2ncon2)c1. The van der Waals surface area contributed by atoms with Crippen molar-refractivity contribution in [3.63, 3.8) is 0 Å². The van der Waals surface area contributed by atoms with Crippen molar-refractivity contribution < 1.29 is 4.52 Å². The van der Waals surface area contributed by atoms with Gasteiger partial charge in [-0.15, -0.1) is 11.3 Å². The van der Waals surface area contributed by atoms with Crippen LogP contribution in [0.2, 0.25) is 0 Å². The first-order valence-corrected chi connectivity index (χ1v) is 5.81. The quantitative estimate of drug-likeness (QED) is 0.754. The molecular weight excluding hydrogens is 210 g/mol. The molecule has 0 bridgehead atoms. The Hall–Kier alpha value is -1.20. The van der Waals surface area contributed by atoms with Gasteiger partial charge in [0.2, 0.25) is 6.39 Å². The molecular formula is C10H13N3OS. The van der Waals surface area contributed by atoms with Crippen molar-refractivity contribution in [2.75, 3.05) is 13.1 Å². The van der Waals surface area contributed by atoms with E-state index < -0.39 is 0 Å². The molecule has 0 saturated carbocycles. The highest BCUT2D eigenvalue weighted by atomic mass is 32.1. The van der Waals surface area contributed by atoms with Crippen LogP contribution in [0.3, 0.4) is 0 Å². The summed E-state index contributed by atoms with van der Waals surface area (Å²) in [6.45, 7) is 1.89. The van der Waals surface area contributed by atoms with E-state index in [1.165, 1.54) is 11.3 Å². The minimum atomic E-state index is 0.763. The Bertz CT molecular complexity index is 322. The predicted octanol–water partition coefficient (Wildman–Crippen LogP) is 1.51. The van der Waals surface area contributed by atoms with Crippen LogP contribution < -0.4 is 5.32 Å². The molecule has 0 fully saturated rings. The number of nitrogens with zero attached hydrogens (tertiary/aromatic N) is 2. The van der Waals surface area contributed by atoms with Gasteiger partial charge in [0, 0.05) is 17.8 Å². The summed E-state index contributed by atoms with van der Waals surface area (Å²) in [6, 6.07) is 4.24. The molecule has 2 rings (SSSR count). The number of hydrogen-bond acceptors (Lipinski definition) is 5. The fraction of sp³-hybridized carbons (Fsp3) is 0.400. The van der Waals surface area contributed by atoms with Crippen LogP contribution in [0.4, 0.5) is 0 Å². The number of aromatic nitrogens is 2. The molecule has 0 saturated heterocycles. The lowest BCUT2D eigenvalue weighted by atomic mass is 10.3. The summed E-state index contributed by atoms with van der Waals surface area (Å²) in [6.07, 6.45) is 3.27. The summed E-state index contributed by atoms with van der Waals surface area (Å²) in [7, 11) is 0. The lowest BCUT2D eigenvalue weighted by molar-refractivity contribution is 0.409. The van der Waals surface area contributed by atoms with E-state index in [1.54, 1.807) is 11.3 Å². The van der Waals surface area contributed by atoms with E-state index in [2.05, 4.69) is 37.5 Å². The minimum absolute atomic E-state index is 0.763. The third kappa shape index (κ3) is 3.45. The van der Waals surface area contributed by atoms with Gasteiger partial charge in [-0.1, -0.05) is 11.2 Å². The highest BCUT2D eigenvalue weighted by Crippen LogP contribution is 2.07. The molecule has 80 valence electrons. The van der Waals surface area contributed by atoms with Gasteiger partial charge in [-0.2, -0.15) is 4.98 Å². The molecule has 0 atom stereocenters. The Morgan fingerprint density at radius 2 is 2.27 bits per heavy atom. The number of hydrogen-bond donors (Lipinski definition) is 1. The molecule has 0 aliphatic carbocycles. The Kier molecular flexibility index (Phi) is 3.87. The average molecular weight is 223 g/mol. The normalized spacial score (nSPS) is 10.7. The molecule has 0 unspecified atom stereocenters. The van der Waals surface area contributed by atoms with E-state index in [4.69, 9.17) is 0 Å². The molecule has 0 radical (unpaired) electrons. The molecule has 2 aromatic heterocycles. The average Bonchev–Trinajstić information content (AvgIpc) is 2.88. The fourth-order valence-electron chi connectivity index (χ4n) is 1.29. The zero-order chi connectivity index (χ0) is 10.3. The highest BCUT2D eigenvalue weighted by Gasteiger charge is 1.97. The zero-order valence-electron chi connectivity index (χ0n) is 8.35. The molecule has 15 heavy (non-hydrogen) atoms. The smallest absolute Gasteiger partial charge is 0.213 e. The molecule has 4 nitrogen and oxygen atoms in total. The number of nitrogens with one attached hydrogen (secondary N) is 1. The number of thiophene rings is 1. The van der Waals surface area contributed by atoms with E-state index in [0.717, 1.165) is 31.8 Å². The van der Waals surface area contributed by atoms with Gasteiger partial charge in [0.1, 0.15) is 0 Å². The summed E-state index contributed by atoms with van der Waals surface area (Å²) in [5, 5.41) is 9.19. The molecule has 0 amide bonds. The standard InChI is InChI=1S/C10H13N3OS/c1-2-9(15-7-1)3-5-11-6-4-10-12-8-14-13-10/h1-2,7-8,11H,3-6H2. The van der Waals surface area contributed by atoms with Gasteiger partial charge in [0.05, 0.1) is 0 Å². The fourth-order valence-corrected chi connectivity index (χ4v) is 2.00. The molecule has 2 heterocycles. The van der Waals surface area contributed by atoms with Crippen molar-refractivity contribution in [3.8, 4) is 0 Å². The Balaban J connectivity index is 1.56. The van der Waals surface area contributed by atoms with E-state index in [9.17, 15) is 0 Å². The van der Waals surface area contributed by atoms with Crippen LogP contribution in [-0.2, 0) is 12.8 Å². The summed E-state index contributed by atoms with van der Waals surface area (Å²) in [4.78, 5) is 5.37. The summed E-state index contributed by atoms with van der Waals surface area (Å²) in [5.74, 6) is 0.763. The maximum absolute atomic E-state index is 4.64. The Labute approximate surface area is 92.3 Å². The zero-order valence-corrected chi connectivity index (χ0v) is 9.17. The van der Waals surface area contributed by atoms with Crippen LogP contribution >= 0.6 is 11.3 Å². The van der Waals surface area contributed by atoms with Gasteiger partial charge < -0.3 is 9.84 Å². The monoisotopic (exact) mass is 223 g/mol. The van der Waals surface area contributed by atoms with Crippen LogP contribution in [0.15, 0.2) is 28.4 Å². The summed E-state index contributed by atoms with van der Waals surface area (Å²) in [5.41, 5.74) is 0. The predicted molar refractivity (Wildman–Crippen MR) is 58.9 cm³/mol. The van der Waals surface area contributed by atoms with Crippen LogP contribution in [0.5, 0.6) is 0 Å². The van der Waals surface area contributed by atoms with Crippen molar-refractivity contribution >= 4 is 11.3 Å². The first kappa shape index (κ1) is 10.3. The van der Waals surface area contributed by atoms with Crippen molar-refractivity contribution in [2.45, 2.75) is 12.8 Å². The summed E-state index contributed by atoms with van der Waals surface area (Å²) >= 11 is 1.80. The van der Waals surface area contributed by atoms with E-state index in [-0.39, 0.29) is 0 Å². The van der Waals surface area contributed by atoms with Crippen molar-refractivity contribution in [1.82, 2.24) is 15.5 Å². The lowest BCUT2D eigenvalue weighted by Gasteiger charge is -2.00. The van der Waals surface area contributed by atoms with Crippen LogP contribution in [0, 0.1) is 0 Å². The minimum Gasteiger partial charge on any atom is -0.343 e. The molecule has 0 aromatic carbocycles. The van der Waals surface area contributed by atoms with Gasteiger partial charge in [-0.25, -0.2) is 0 Å². The third-order valence-electron chi connectivity index (χ3n) is 2.06. The molecule has 2 aromatic rings. The highest BCUT2D eigenvalue weighted by molar-refractivity contribution is 7.09. The van der Waals surface area contributed by atoms with Gasteiger partial charge in [-0.3, -0.25) is 0 Å². The topological polar surface area (TPSA) is 51.0 Å². The lowest BCUT2D eigenvalue weighted by Crippen LogP contribution is -2.20. The molecule has 0 aliphatic heterocycles. The Morgan fingerprint density at radius 1 is 1.33 bits per heavy atom. The van der Waals surface area contributed by atoms with Gasteiger partial charge in [0.25, 0.3) is 0 Å². The first-order chi connectivity index (χ1) is 7.45. The van der Waals surface area contributed by atoms with Gasteiger partial charge in [0.15, 0.2) is 5.82 Å². The van der Waals surface area contributed by atoms with Crippen LogP contribution in [-0.4, -0.2) is 23.2 Å². The summed E-state index contributed by atoms with van der Waals surface area (Å²) < 4.78 is 4.64. The second-order valence-corrected chi connectivity index (χ2v) is 4.21. The molecule has 5 heteroatoms. The third-order valence-corrected chi connectivity index (χ3v) is 3.00. The molecule has 0 spiro atoms. The Morgan fingerprint density at radius 3 is 3.00 bits per heavy atom.